The first-order valence-corrected chi connectivity index (χ1v) is 3.62. The third-order valence-electron chi connectivity index (χ3n) is 1.59. The molecule has 4 nitrogen and oxygen atoms in total. The number of hydrogen-bond acceptors (Lipinski definition) is 2. The van der Waals surface area contributed by atoms with Gasteiger partial charge in [-0.15, -0.1) is 0 Å². The van der Waals surface area contributed by atoms with E-state index in [0.29, 0.717) is 6.54 Å². The Bertz CT molecular complexity index is 322. The first kappa shape index (κ1) is 9.63. The quantitative estimate of drug-likeness (QED) is 0.775. The first-order chi connectivity index (χ1) is 5.98. The molecule has 13 heavy (non-hydrogen) atoms. The molecule has 6 heteroatoms. The highest BCUT2D eigenvalue weighted by Gasteiger charge is 2.42. The maximum atomic E-state index is 12.8. The van der Waals surface area contributed by atoms with Crippen molar-refractivity contribution < 1.29 is 18.7 Å². The van der Waals surface area contributed by atoms with Crippen LogP contribution in [0.5, 0.6) is 0 Å². The van der Waals surface area contributed by atoms with Crippen molar-refractivity contribution in [1.29, 1.82) is 0 Å². The summed E-state index contributed by atoms with van der Waals surface area (Å²) in [7, 11) is 0. The summed E-state index contributed by atoms with van der Waals surface area (Å²) in [5, 5.41) is 11.7. The van der Waals surface area contributed by atoms with Crippen molar-refractivity contribution in [3.63, 3.8) is 0 Å². The predicted molar refractivity (Wildman–Crippen MR) is 39.4 cm³/mol. The summed E-state index contributed by atoms with van der Waals surface area (Å²) in [5.74, 6) is -6.02. The van der Waals surface area contributed by atoms with Crippen molar-refractivity contribution in [1.82, 2.24) is 9.78 Å². The molecule has 0 aromatic carbocycles. The molecule has 0 spiro atoms. The van der Waals surface area contributed by atoms with Crippen LogP contribution in [0.1, 0.15) is 12.5 Å². The van der Waals surface area contributed by atoms with Crippen molar-refractivity contribution in [3.8, 4) is 0 Å². The second-order valence-electron chi connectivity index (χ2n) is 2.46. The molecule has 0 saturated heterocycles. The lowest BCUT2D eigenvalue weighted by Crippen LogP contribution is -2.24. The molecule has 0 amide bonds. The molecule has 0 unspecified atom stereocenters. The molecular formula is C7H8F2N2O2. The number of alkyl halides is 2. The summed E-state index contributed by atoms with van der Waals surface area (Å²) < 4.78 is 26.8. The van der Waals surface area contributed by atoms with Crippen LogP contribution in [0.25, 0.3) is 0 Å². The van der Waals surface area contributed by atoms with Crippen LogP contribution in [0.2, 0.25) is 0 Å². The zero-order valence-electron chi connectivity index (χ0n) is 6.87. The van der Waals surface area contributed by atoms with Crippen LogP contribution in [0.15, 0.2) is 12.4 Å². The van der Waals surface area contributed by atoms with Gasteiger partial charge in [-0.25, -0.2) is 4.79 Å². The largest absolute Gasteiger partial charge is 0.477 e. The molecule has 1 aromatic heterocycles. The first-order valence-electron chi connectivity index (χ1n) is 3.62. The fourth-order valence-electron chi connectivity index (χ4n) is 0.822. The maximum Gasteiger partial charge on any atom is 0.379 e. The SMILES string of the molecule is CCn1cc(C(F)(F)C(=O)O)cn1. The van der Waals surface area contributed by atoms with E-state index in [-0.39, 0.29) is 0 Å². The summed E-state index contributed by atoms with van der Waals surface area (Å²) >= 11 is 0. The highest BCUT2D eigenvalue weighted by Crippen LogP contribution is 2.27. The Hall–Kier alpha value is -1.46. The Kier molecular flexibility index (Phi) is 2.31. The zero-order valence-corrected chi connectivity index (χ0v) is 6.87. The van der Waals surface area contributed by atoms with Gasteiger partial charge in [0, 0.05) is 12.7 Å². The third kappa shape index (κ3) is 1.66. The summed E-state index contributed by atoms with van der Waals surface area (Å²) in [4.78, 5) is 10.1. The van der Waals surface area contributed by atoms with Gasteiger partial charge >= 0.3 is 11.9 Å². The topological polar surface area (TPSA) is 55.1 Å². The van der Waals surface area contributed by atoms with Crippen molar-refractivity contribution in [2.24, 2.45) is 0 Å². The predicted octanol–water partition coefficient (Wildman–Crippen LogP) is 1.08. The Balaban J connectivity index is 3.00. The Morgan fingerprint density at radius 2 is 2.38 bits per heavy atom. The van der Waals surface area contributed by atoms with Crippen molar-refractivity contribution in [3.05, 3.63) is 18.0 Å². The number of carbonyl (C=O) groups is 1. The average molecular weight is 190 g/mol. The molecule has 1 rings (SSSR count). The highest BCUT2D eigenvalue weighted by molar-refractivity contribution is 5.76. The molecular weight excluding hydrogens is 182 g/mol. The number of carboxylic acids is 1. The molecule has 72 valence electrons. The van der Waals surface area contributed by atoms with Crippen molar-refractivity contribution in [2.75, 3.05) is 0 Å². The number of rotatable bonds is 3. The molecule has 1 heterocycles. The van der Waals surface area contributed by atoms with E-state index < -0.39 is 17.5 Å². The van der Waals surface area contributed by atoms with Gasteiger partial charge in [0.15, 0.2) is 0 Å². The molecule has 1 aromatic rings. The molecule has 0 bridgehead atoms. The van der Waals surface area contributed by atoms with E-state index in [1.807, 2.05) is 0 Å². The van der Waals surface area contributed by atoms with Gasteiger partial charge in [0.25, 0.3) is 0 Å². The van der Waals surface area contributed by atoms with Crippen LogP contribution in [-0.2, 0) is 17.3 Å². The monoisotopic (exact) mass is 190 g/mol. The van der Waals surface area contributed by atoms with Crippen LogP contribution < -0.4 is 0 Å². The van der Waals surface area contributed by atoms with E-state index >= 15 is 0 Å². The van der Waals surface area contributed by atoms with Crippen LogP contribution in [0.4, 0.5) is 8.78 Å². The van der Waals surface area contributed by atoms with Crippen molar-refractivity contribution in [2.45, 2.75) is 19.4 Å². The number of carboxylic acid groups (broad SMARTS) is 1. The molecule has 0 aliphatic heterocycles. The van der Waals surface area contributed by atoms with E-state index in [1.165, 1.54) is 4.68 Å². The number of nitrogens with zero attached hydrogens (tertiary/aromatic N) is 2. The van der Waals surface area contributed by atoms with Gasteiger partial charge < -0.3 is 5.11 Å². The van der Waals surface area contributed by atoms with Gasteiger partial charge in [-0.2, -0.15) is 13.9 Å². The fraction of sp³-hybridized carbons (Fsp3) is 0.429. The minimum Gasteiger partial charge on any atom is -0.477 e. The van der Waals surface area contributed by atoms with Crippen LogP contribution >= 0.6 is 0 Å². The molecule has 0 atom stereocenters. The van der Waals surface area contributed by atoms with Gasteiger partial charge in [0.05, 0.1) is 11.8 Å². The summed E-state index contributed by atoms with van der Waals surface area (Å²) in [5.41, 5.74) is -0.596. The summed E-state index contributed by atoms with van der Waals surface area (Å²) in [6.45, 7) is 2.14. The number of aryl methyl sites for hydroxylation is 1. The smallest absolute Gasteiger partial charge is 0.379 e. The fourth-order valence-corrected chi connectivity index (χ4v) is 0.822. The van der Waals surface area contributed by atoms with Crippen LogP contribution in [0, 0.1) is 0 Å². The number of halogens is 2. The Morgan fingerprint density at radius 1 is 1.77 bits per heavy atom. The van der Waals surface area contributed by atoms with Gasteiger partial charge in [0.1, 0.15) is 0 Å². The van der Waals surface area contributed by atoms with E-state index in [4.69, 9.17) is 5.11 Å². The number of hydrogen-bond donors (Lipinski definition) is 1. The third-order valence-corrected chi connectivity index (χ3v) is 1.59. The average Bonchev–Trinajstić information content (AvgIpc) is 2.51. The van der Waals surface area contributed by atoms with E-state index in [9.17, 15) is 13.6 Å². The molecule has 1 N–H and O–H groups in total. The Morgan fingerprint density at radius 3 is 2.77 bits per heavy atom. The van der Waals surface area contributed by atoms with Gasteiger partial charge in [-0.05, 0) is 6.92 Å². The lowest BCUT2D eigenvalue weighted by Gasteiger charge is -2.06. The van der Waals surface area contributed by atoms with E-state index in [1.54, 1.807) is 6.92 Å². The lowest BCUT2D eigenvalue weighted by molar-refractivity contribution is -0.166. The van der Waals surface area contributed by atoms with Crippen LogP contribution in [0.3, 0.4) is 0 Å². The zero-order chi connectivity index (χ0) is 10.1. The van der Waals surface area contributed by atoms with E-state index in [0.717, 1.165) is 12.4 Å². The number of aromatic nitrogens is 2. The van der Waals surface area contributed by atoms with Gasteiger partial charge in [-0.3, -0.25) is 4.68 Å². The molecule has 0 fully saturated rings. The number of aliphatic carboxylic acids is 1. The minimum absolute atomic E-state index is 0.426. The lowest BCUT2D eigenvalue weighted by atomic mass is 10.2. The summed E-state index contributed by atoms with van der Waals surface area (Å²) in [6.07, 6.45) is 1.88. The minimum atomic E-state index is -3.85. The van der Waals surface area contributed by atoms with Crippen LogP contribution in [-0.4, -0.2) is 20.9 Å². The Labute approximate surface area is 72.8 Å². The normalized spacial score (nSPS) is 11.6. The molecule has 0 radical (unpaired) electrons. The second-order valence-corrected chi connectivity index (χ2v) is 2.46. The second kappa shape index (κ2) is 3.12. The van der Waals surface area contributed by atoms with Gasteiger partial charge in [-0.1, -0.05) is 0 Å². The molecule has 0 aliphatic rings. The highest BCUT2D eigenvalue weighted by atomic mass is 19.3. The van der Waals surface area contributed by atoms with Gasteiger partial charge in [0.2, 0.25) is 0 Å². The summed E-state index contributed by atoms with van der Waals surface area (Å²) in [6, 6.07) is 0. The molecule has 0 saturated carbocycles. The molecule has 0 aliphatic carbocycles. The standard InChI is InChI=1S/C7H8F2N2O2/c1-2-11-4-5(3-10-11)7(8,9)6(12)13/h3-4H,2H2,1H3,(H,12,13). The van der Waals surface area contributed by atoms with E-state index in [2.05, 4.69) is 5.10 Å². The van der Waals surface area contributed by atoms with Crippen molar-refractivity contribution >= 4 is 5.97 Å². The maximum absolute atomic E-state index is 12.8.